The van der Waals surface area contributed by atoms with E-state index in [2.05, 4.69) is 33.0 Å². The molecule has 2 aromatic heterocycles. The van der Waals surface area contributed by atoms with Gasteiger partial charge in [-0.3, -0.25) is 4.90 Å². The van der Waals surface area contributed by atoms with Gasteiger partial charge in [0.2, 0.25) is 0 Å². The second-order valence-electron chi connectivity index (χ2n) is 9.65. The van der Waals surface area contributed by atoms with Gasteiger partial charge in [-0.15, -0.1) is 13.2 Å². The van der Waals surface area contributed by atoms with Crippen LogP contribution in [-0.2, 0) is 4.74 Å². The van der Waals surface area contributed by atoms with Gasteiger partial charge < -0.3 is 19.8 Å². The third-order valence-electron chi connectivity index (χ3n) is 7.15. The molecule has 1 saturated heterocycles. The molecule has 1 aliphatic heterocycles. The molecule has 5 rings (SSSR count). The van der Waals surface area contributed by atoms with Crippen molar-refractivity contribution in [1.82, 2.24) is 19.4 Å². The molecule has 3 fully saturated rings. The van der Waals surface area contributed by atoms with Crippen LogP contribution in [0, 0.1) is 11.8 Å². The summed E-state index contributed by atoms with van der Waals surface area (Å²) >= 11 is 0. The molecule has 4 atom stereocenters. The number of anilines is 1. The molecule has 7 nitrogen and oxygen atoms in total. The minimum atomic E-state index is -4.83. The van der Waals surface area contributed by atoms with Crippen LogP contribution in [0.25, 0.3) is 11.3 Å². The van der Waals surface area contributed by atoms with Crippen LogP contribution in [0.2, 0.25) is 0 Å². The third-order valence-corrected chi connectivity index (χ3v) is 7.15. The molecule has 10 heteroatoms. The van der Waals surface area contributed by atoms with Gasteiger partial charge in [0.25, 0.3) is 0 Å². The highest BCUT2D eigenvalue weighted by Gasteiger charge is 2.58. The first-order chi connectivity index (χ1) is 15.7. The number of hydrogen-bond donors (Lipinski definition) is 1. The fourth-order valence-corrected chi connectivity index (χ4v) is 5.63. The number of fused-ring (bicyclic) bond motifs is 1. The van der Waals surface area contributed by atoms with Gasteiger partial charge in [-0.25, -0.2) is 9.97 Å². The van der Waals surface area contributed by atoms with E-state index in [1.807, 2.05) is 6.20 Å². The normalized spacial score (nSPS) is 28.1. The lowest BCUT2D eigenvalue weighted by molar-refractivity contribution is -0.274. The molecule has 2 N–H and O–H groups in total. The van der Waals surface area contributed by atoms with Crippen molar-refractivity contribution in [1.29, 1.82) is 0 Å². The molecule has 3 heterocycles. The minimum Gasteiger partial charge on any atom is -0.402 e. The van der Waals surface area contributed by atoms with Gasteiger partial charge in [0, 0.05) is 55.7 Å². The number of ether oxygens (including phenoxy) is 2. The first-order valence-electron chi connectivity index (χ1n) is 11.6. The van der Waals surface area contributed by atoms with E-state index >= 15 is 0 Å². The summed E-state index contributed by atoms with van der Waals surface area (Å²) in [6.45, 7) is 7.94. The monoisotopic (exact) mass is 465 g/mol. The van der Waals surface area contributed by atoms with E-state index in [1.165, 1.54) is 25.1 Å². The third kappa shape index (κ3) is 4.55. The Morgan fingerprint density at radius 2 is 1.94 bits per heavy atom. The second-order valence-corrected chi connectivity index (χ2v) is 9.65. The maximum absolute atomic E-state index is 12.7. The molecule has 2 saturated carbocycles. The largest absolute Gasteiger partial charge is 0.573 e. The highest BCUT2D eigenvalue weighted by molar-refractivity contribution is 5.64. The quantitative estimate of drug-likeness (QED) is 0.712. The van der Waals surface area contributed by atoms with E-state index < -0.39 is 12.1 Å². The van der Waals surface area contributed by atoms with Crippen LogP contribution in [0.15, 0.2) is 18.5 Å². The molecule has 0 amide bonds. The predicted molar refractivity (Wildman–Crippen MR) is 117 cm³/mol. The Balaban J connectivity index is 1.35. The number of pyridine rings is 1. The van der Waals surface area contributed by atoms with Crippen LogP contribution in [0.5, 0.6) is 5.75 Å². The summed E-state index contributed by atoms with van der Waals surface area (Å²) < 4.78 is 50.1. The molecule has 0 bridgehead atoms. The van der Waals surface area contributed by atoms with Crippen molar-refractivity contribution in [2.75, 3.05) is 32.0 Å². The van der Waals surface area contributed by atoms with Crippen molar-refractivity contribution in [2.45, 2.75) is 57.5 Å². The van der Waals surface area contributed by atoms with Crippen molar-refractivity contribution in [3.8, 4) is 17.0 Å². The zero-order valence-corrected chi connectivity index (χ0v) is 18.9. The smallest absolute Gasteiger partial charge is 0.402 e. The average molecular weight is 466 g/mol. The SMILES string of the molecule is CC(C)c1nc(-c2cnc(N)c(OC(F)(F)F)c2)cn1C1[C@H]2CC(N3CCCOCC3)C[C@@H]12. The number of imidazole rings is 1. The van der Waals surface area contributed by atoms with Crippen molar-refractivity contribution in [3.05, 3.63) is 24.3 Å². The number of nitrogens with two attached hydrogens (primary N) is 1. The Kier molecular flexibility index (Phi) is 5.76. The van der Waals surface area contributed by atoms with Gasteiger partial charge in [0.1, 0.15) is 5.82 Å². The molecule has 2 aliphatic carbocycles. The summed E-state index contributed by atoms with van der Waals surface area (Å²) in [5.74, 6) is 1.56. The van der Waals surface area contributed by atoms with E-state index in [4.69, 9.17) is 15.5 Å². The van der Waals surface area contributed by atoms with Gasteiger partial charge in [-0.1, -0.05) is 13.8 Å². The topological polar surface area (TPSA) is 78.4 Å². The number of nitrogens with zero attached hydrogens (tertiary/aromatic N) is 4. The van der Waals surface area contributed by atoms with Gasteiger partial charge in [0.05, 0.1) is 12.3 Å². The average Bonchev–Trinajstić information content (AvgIpc) is 3.08. The molecule has 0 aromatic carbocycles. The van der Waals surface area contributed by atoms with Gasteiger partial charge in [0.15, 0.2) is 11.6 Å². The molecule has 0 spiro atoms. The maximum atomic E-state index is 12.7. The number of halogens is 3. The summed E-state index contributed by atoms with van der Waals surface area (Å²) in [6.07, 6.45) is 2.00. The molecule has 2 aromatic rings. The number of rotatable bonds is 5. The second kappa shape index (κ2) is 8.47. The Labute approximate surface area is 191 Å². The molecule has 3 aliphatic rings. The van der Waals surface area contributed by atoms with E-state index in [0.717, 1.165) is 38.5 Å². The standard InChI is InChI=1S/C23H30F3N5O2/c1-13(2)22-29-18(14-8-19(21(27)28-11-14)33-23(24,25)26)12-31(22)20-16-9-15(10-17(16)20)30-4-3-6-32-7-5-30/h8,11-13,15-17,20H,3-7,9-10H2,1-2H3,(H2,27,28)/t15?,16-,17+,20?. The van der Waals surface area contributed by atoms with Crippen LogP contribution in [0.1, 0.15) is 50.9 Å². The van der Waals surface area contributed by atoms with Crippen LogP contribution in [0.4, 0.5) is 19.0 Å². The van der Waals surface area contributed by atoms with E-state index in [9.17, 15) is 13.2 Å². The zero-order chi connectivity index (χ0) is 23.3. The minimum absolute atomic E-state index is 0.186. The molecule has 2 unspecified atom stereocenters. The zero-order valence-electron chi connectivity index (χ0n) is 18.9. The predicted octanol–water partition coefficient (Wildman–Crippen LogP) is 4.22. The van der Waals surface area contributed by atoms with Gasteiger partial charge in [-0.2, -0.15) is 0 Å². The van der Waals surface area contributed by atoms with Crippen molar-refractivity contribution < 1.29 is 22.6 Å². The highest BCUT2D eigenvalue weighted by atomic mass is 19.4. The Bertz CT molecular complexity index is 988. The maximum Gasteiger partial charge on any atom is 0.573 e. The lowest BCUT2D eigenvalue weighted by Crippen LogP contribution is -2.36. The first-order valence-corrected chi connectivity index (χ1v) is 11.6. The van der Waals surface area contributed by atoms with Crippen LogP contribution >= 0.6 is 0 Å². The van der Waals surface area contributed by atoms with Crippen molar-refractivity contribution >= 4 is 5.82 Å². The molecule has 0 radical (unpaired) electrons. The molecule has 33 heavy (non-hydrogen) atoms. The van der Waals surface area contributed by atoms with Crippen LogP contribution in [-0.4, -0.2) is 58.1 Å². The van der Waals surface area contributed by atoms with Gasteiger partial charge >= 0.3 is 6.36 Å². The van der Waals surface area contributed by atoms with E-state index in [1.54, 1.807) is 0 Å². The highest BCUT2D eigenvalue weighted by Crippen LogP contribution is 2.62. The summed E-state index contributed by atoms with van der Waals surface area (Å²) in [4.78, 5) is 11.3. The number of nitrogen functional groups attached to an aromatic ring is 1. The van der Waals surface area contributed by atoms with Gasteiger partial charge in [-0.05, 0) is 37.2 Å². The summed E-state index contributed by atoms with van der Waals surface area (Å²) in [5.41, 5.74) is 6.63. The fourth-order valence-electron chi connectivity index (χ4n) is 5.63. The molecular weight excluding hydrogens is 435 g/mol. The number of alkyl halides is 3. The summed E-state index contributed by atoms with van der Waals surface area (Å²) in [5, 5.41) is 0. The van der Waals surface area contributed by atoms with E-state index in [-0.39, 0.29) is 11.7 Å². The van der Waals surface area contributed by atoms with Crippen LogP contribution in [0.3, 0.4) is 0 Å². The molecule has 180 valence electrons. The molecular formula is C23H30F3N5O2. The lowest BCUT2D eigenvalue weighted by atomic mass is 10.1. The van der Waals surface area contributed by atoms with Crippen molar-refractivity contribution in [3.63, 3.8) is 0 Å². The first kappa shape index (κ1) is 22.5. The lowest BCUT2D eigenvalue weighted by Gasteiger charge is -2.29. The van der Waals surface area contributed by atoms with Crippen LogP contribution < -0.4 is 10.5 Å². The summed E-state index contributed by atoms with van der Waals surface area (Å²) in [7, 11) is 0. The fraction of sp³-hybridized carbons (Fsp3) is 0.652. The number of aromatic nitrogens is 3. The Morgan fingerprint density at radius 1 is 1.18 bits per heavy atom. The van der Waals surface area contributed by atoms with E-state index in [0.29, 0.717) is 35.2 Å². The van der Waals surface area contributed by atoms with Crippen molar-refractivity contribution in [2.24, 2.45) is 11.8 Å². The Hall–Kier alpha value is -2.33. The Morgan fingerprint density at radius 3 is 2.64 bits per heavy atom. The summed E-state index contributed by atoms with van der Waals surface area (Å²) in [6, 6.07) is 2.28. The number of hydrogen-bond acceptors (Lipinski definition) is 6.